The standard InChI is InChI=1S/C35H36FN5O6S/c1-20(2)31(43)39-34-38-30-28(32(44)40-34)37-19-41(30)33-29(42)27(36)26(48-33)18-47-35(21-8-6-5-7-9-21,22-10-14-24(45-3)15-11-22)23-12-16-25(46-4)17-13-23/h5-17,19-20,26-27,29,33,42H,18H2,1-4H3,(H2,38,39,40,43,44)/t26-,27-,29-,33-/m1/s1. The molecule has 2 aromatic heterocycles. The number of carbonyl (C=O) groups is 1. The Morgan fingerprint density at radius 1 is 1.00 bits per heavy atom. The van der Waals surface area contributed by atoms with Gasteiger partial charge in [-0.2, -0.15) is 4.98 Å². The van der Waals surface area contributed by atoms with E-state index in [2.05, 4.69) is 20.3 Å². The highest BCUT2D eigenvalue weighted by molar-refractivity contribution is 8.00. The maximum absolute atomic E-state index is 16.1. The van der Waals surface area contributed by atoms with Crippen molar-refractivity contribution in [1.82, 2.24) is 19.5 Å². The van der Waals surface area contributed by atoms with Crippen LogP contribution < -0.4 is 20.3 Å². The fourth-order valence-electron chi connectivity index (χ4n) is 5.79. The van der Waals surface area contributed by atoms with Crippen LogP contribution in [-0.4, -0.2) is 68.9 Å². The van der Waals surface area contributed by atoms with E-state index in [9.17, 15) is 14.7 Å². The highest BCUT2D eigenvalue weighted by Gasteiger charge is 2.47. The molecule has 1 saturated heterocycles. The Morgan fingerprint density at radius 3 is 2.15 bits per heavy atom. The number of benzene rings is 3. The summed E-state index contributed by atoms with van der Waals surface area (Å²) in [5, 5.41) is 12.1. The number of aromatic nitrogens is 4. The van der Waals surface area contributed by atoms with E-state index < -0.39 is 34.1 Å². The highest BCUT2D eigenvalue weighted by atomic mass is 32.2. The Kier molecular flexibility index (Phi) is 9.54. The highest BCUT2D eigenvalue weighted by Crippen LogP contribution is 2.47. The molecule has 48 heavy (non-hydrogen) atoms. The molecule has 0 bridgehead atoms. The SMILES string of the molecule is COc1ccc(C(OC[C@H]2S[C@@H](n3cnc4c(=O)[nH]c(NC(=O)C(C)C)nc43)[C@H](O)[C@@H]2F)(c2ccccc2)c2ccc(OC)cc2)cc1. The number of H-pyrrole nitrogens is 1. The zero-order valence-electron chi connectivity index (χ0n) is 26.8. The summed E-state index contributed by atoms with van der Waals surface area (Å²) < 4.78 is 35.3. The van der Waals surface area contributed by atoms with Crippen LogP contribution in [0.1, 0.15) is 35.9 Å². The molecule has 0 spiro atoms. The summed E-state index contributed by atoms with van der Waals surface area (Å²) in [5.41, 5.74) is 0.754. The molecule has 0 aliphatic carbocycles. The first-order chi connectivity index (χ1) is 23.2. The van der Waals surface area contributed by atoms with Crippen molar-refractivity contribution in [2.45, 2.75) is 42.3 Å². The number of halogens is 1. The molecule has 6 rings (SSSR count). The van der Waals surface area contributed by atoms with Gasteiger partial charge in [0.05, 0.1) is 32.4 Å². The van der Waals surface area contributed by atoms with Crippen molar-refractivity contribution in [2.75, 3.05) is 26.1 Å². The van der Waals surface area contributed by atoms with Gasteiger partial charge in [-0.25, -0.2) is 9.37 Å². The molecule has 1 fully saturated rings. The molecule has 3 aromatic carbocycles. The van der Waals surface area contributed by atoms with Crippen molar-refractivity contribution in [3.63, 3.8) is 0 Å². The third kappa shape index (κ3) is 6.16. The molecule has 1 amide bonds. The number of carbonyl (C=O) groups excluding carboxylic acids is 1. The number of fused-ring (bicyclic) bond motifs is 1. The lowest BCUT2D eigenvalue weighted by Gasteiger charge is -2.37. The maximum atomic E-state index is 16.1. The molecule has 0 unspecified atom stereocenters. The summed E-state index contributed by atoms with van der Waals surface area (Å²) in [5.74, 6) is 0.589. The Labute approximate surface area is 280 Å². The number of hydrogen-bond donors (Lipinski definition) is 3. The van der Waals surface area contributed by atoms with Gasteiger partial charge < -0.3 is 19.3 Å². The van der Waals surface area contributed by atoms with Crippen LogP contribution in [-0.2, 0) is 15.1 Å². The quantitative estimate of drug-likeness (QED) is 0.164. The largest absolute Gasteiger partial charge is 0.497 e. The van der Waals surface area contributed by atoms with Crippen molar-refractivity contribution >= 4 is 34.8 Å². The number of aromatic amines is 1. The van der Waals surface area contributed by atoms with Crippen LogP contribution >= 0.6 is 11.8 Å². The van der Waals surface area contributed by atoms with Crippen LogP contribution in [0, 0.1) is 5.92 Å². The van der Waals surface area contributed by atoms with E-state index in [1.54, 1.807) is 28.1 Å². The maximum Gasteiger partial charge on any atom is 0.280 e. The lowest BCUT2D eigenvalue weighted by molar-refractivity contribution is -0.118. The zero-order valence-corrected chi connectivity index (χ0v) is 27.6. The number of rotatable bonds is 11. The van der Waals surface area contributed by atoms with Gasteiger partial charge in [0.1, 0.15) is 34.7 Å². The smallest absolute Gasteiger partial charge is 0.280 e. The first-order valence-electron chi connectivity index (χ1n) is 15.4. The van der Waals surface area contributed by atoms with Crippen molar-refractivity contribution in [3.05, 3.63) is 112 Å². The van der Waals surface area contributed by atoms with Gasteiger partial charge in [-0.3, -0.25) is 24.5 Å². The minimum absolute atomic E-state index is 0.00237. The van der Waals surface area contributed by atoms with E-state index in [0.717, 1.165) is 28.5 Å². The fourth-order valence-corrected chi connectivity index (χ4v) is 7.20. The number of thioether (sulfide) groups is 1. The number of methoxy groups -OCH3 is 2. The van der Waals surface area contributed by atoms with Gasteiger partial charge in [0.15, 0.2) is 11.2 Å². The number of aliphatic hydroxyl groups excluding tert-OH is 1. The minimum Gasteiger partial charge on any atom is -0.497 e. The van der Waals surface area contributed by atoms with Gasteiger partial charge in [0, 0.05) is 5.92 Å². The zero-order chi connectivity index (χ0) is 34.0. The predicted molar refractivity (Wildman–Crippen MR) is 181 cm³/mol. The van der Waals surface area contributed by atoms with Gasteiger partial charge in [0.25, 0.3) is 5.56 Å². The molecule has 250 valence electrons. The summed E-state index contributed by atoms with van der Waals surface area (Å²) >= 11 is 1.16. The molecule has 0 saturated carbocycles. The summed E-state index contributed by atoms with van der Waals surface area (Å²) in [7, 11) is 3.19. The number of alkyl halides is 1. The lowest BCUT2D eigenvalue weighted by atomic mass is 9.80. The fraction of sp³-hybridized carbons (Fsp3) is 0.314. The molecule has 3 heterocycles. The van der Waals surface area contributed by atoms with Crippen LogP contribution in [0.3, 0.4) is 0 Å². The van der Waals surface area contributed by atoms with E-state index in [-0.39, 0.29) is 35.5 Å². The Balaban J connectivity index is 1.36. The Hall–Kier alpha value is -4.72. The van der Waals surface area contributed by atoms with Gasteiger partial charge in [-0.05, 0) is 41.0 Å². The van der Waals surface area contributed by atoms with Gasteiger partial charge in [-0.15, -0.1) is 11.8 Å². The van der Waals surface area contributed by atoms with E-state index in [0.29, 0.717) is 11.5 Å². The first-order valence-corrected chi connectivity index (χ1v) is 16.3. The van der Waals surface area contributed by atoms with Crippen LogP contribution in [0.25, 0.3) is 11.2 Å². The number of ether oxygens (including phenoxy) is 3. The molecule has 13 heteroatoms. The second kappa shape index (κ2) is 13.8. The monoisotopic (exact) mass is 673 g/mol. The Bertz CT molecular complexity index is 1890. The van der Waals surface area contributed by atoms with E-state index in [1.807, 2.05) is 78.9 Å². The summed E-state index contributed by atoms with van der Waals surface area (Å²) in [4.78, 5) is 36.2. The lowest BCUT2D eigenvalue weighted by Crippen LogP contribution is -2.37. The normalized spacial score (nSPS) is 19.5. The summed E-state index contributed by atoms with van der Waals surface area (Å²) in [6.45, 7) is 3.32. The number of imidazole rings is 1. The van der Waals surface area contributed by atoms with Crippen molar-refractivity contribution < 1.29 is 28.5 Å². The summed E-state index contributed by atoms with van der Waals surface area (Å²) in [6.07, 6.45) is -1.82. The average molecular weight is 674 g/mol. The number of nitrogens with zero attached hydrogens (tertiary/aromatic N) is 3. The summed E-state index contributed by atoms with van der Waals surface area (Å²) in [6, 6.07) is 24.7. The molecular formula is C35H36FN5O6S. The van der Waals surface area contributed by atoms with E-state index >= 15 is 4.39 Å². The van der Waals surface area contributed by atoms with E-state index in [1.165, 1.54) is 10.9 Å². The number of hydrogen-bond acceptors (Lipinski definition) is 9. The number of anilines is 1. The van der Waals surface area contributed by atoms with Crippen molar-refractivity contribution in [3.8, 4) is 11.5 Å². The van der Waals surface area contributed by atoms with Crippen LogP contribution in [0.15, 0.2) is 90.0 Å². The minimum atomic E-state index is -1.69. The van der Waals surface area contributed by atoms with Crippen molar-refractivity contribution in [2.24, 2.45) is 5.92 Å². The molecule has 1 aliphatic heterocycles. The average Bonchev–Trinajstić information content (AvgIpc) is 3.66. The molecule has 3 N–H and O–H groups in total. The molecule has 11 nitrogen and oxygen atoms in total. The first kappa shape index (κ1) is 33.2. The number of nitrogens with one attached hydrogen (secondary N) is 2. The molecule has 1 aliphatic rings. The molecule has 5 aromatic rings. The molecule has 0 radical (unpaired) electrons. The molecular weight excluding hydrogens is 637 g/mol. The van der Waals surface area contributed by atoms with E-state index in [4.69, 9.17) is 14.2 Å². The van der Waals surface area contributed by atoms with Crippen molar-refractivity contribution in [1.29, 1.82) is 0 Å². The van der Waals surface area contributed by atoms with Gasteiger partial charge >= 0.3 is 0 Å². The topological polar surface area (TPSA) is 141 Å². The number of amides is 1. The third-order valence-corrected chi connectivity index (χ3v) is 9.93. The third-order valence-electron chi connectivity index (χ3n) is 8.40. The van der Waals surface area contributed by atoms with Gasteiger partial charge in [0.2, 0.25) is 11.9 Å². The predicted octanol–water partition coefficient (Wildman–Crippen LogP) is 5.05. The van der Waals surface area contributed by atoms with Crippen LogP contribution in [0.4, 0.5) is 10.3 Å². The van der Waals surface area contributed by atoms with Crippen LogP contribution in [0.2, 0.25) is 0 Å². The number of aliphatic hydroxyl groups is 1. The molecule has 4 atom stereocenters. The second-order valence-electron chi connectivity index (χ2n) is 11.7. The van der Waals surface area contributed by atoms with Crippen LogP contribution in [0.5, 0.6) is 11.5 Å². The Morgan fingerprint density at radius 2 is 1.58 bits per heavy atom. The van der Waals surface area contributed by atoms with Gasteiger partial charge in [-0.1, -0.05) is 68.4 Å². The second-order valence-corrected chi connectivity index (χ2v) is 13.1.